The molecule has 0 amide bonds. The van der Waals surface area contributed by atoms with E-state index in [0.29, 0.717) is 27.7 Å². The summed E-state index contributed by atoms with van der Waals surface area (Å²) in [7, 11) is 0. The molecule has 0 aliphatic carbocycles. The molecule has 1 N–H and O–H groups in total. The maximum absolute atomic E-state index is 13.4. The second kappa shape index (κ2) is 8.91. The highest BCUT2D eigenvalue weighted by atomic mass is 32.2. The SMILES string of the molecule is C=CCn1c(SCc2ccc(C(=O)O)cc2)nc2scc(-c3ccc(C)cc3)c2c1=O. The van der Waals surface area contributed by atoms with Crippen LogP contribution in [0.3, 0.4) is 0 Å². The van der Waals surface area contributed by atoms with Crippen molar-refractivity contribution in [3.63, 3.8) is 0 Å². The van der Waals surface area contributed by atoms with Crippen molar-refractivity contribution in [3.8, 4) is 11.1 Å². The Morgan fingerprint density at radius 1 is 1.19 bits per heavy atom. The minimum atomic E-state index is -0.951. The van der Waals surface area contributed by atoms with Crippen molar-refractivity contribution in [2.24, 2.45) is 0 Å². The van der Waals surface area contributed by atoms with Gasteiger partial charge in [-0.25, -0.2) is 9.78 Å². The molecule has 0 aliphatic rings. The molecule has 0 bridgehead atoms. The van der Waals surface area contributed by atoms with Gasteiger partial charge in [-0.3, -0.25) is 9.36 Å². The van der Waals surface area contributed by atoms with Crippen LogP contribution in [0.25, 0.3) is 21.3 Å². The Kier molecular flexibility index (Phi) is 6.06. The maximum Gasteiger partial charge on any atom is 0.335 e. The third-order valence-corrected chi connectivity index (χ3v) is 6.82. The van der Waals surface area contributed by atoms with Gasteiger partial charge in [0.25, 0.3) is 5.56 Å². The highest BCUT2D eigenvalue weighted by Crippen LogP contribution is 2.33. The Balaban J connectivity index is 1.71. The second-order valence-corrected chi connectivity index (χ2v) is 8.89. The Labute approximate surface area is 187 Å². The molecule has 2 aromatic heterocycles. The van der Waals surface area contributed by atoms with Gasteiger partial charge in [-0.05, 0) is 30.2 Å². The molecule has 0 radical (unpaired) electrons. The molecule has 0 spiro atoms. The predicted octanol–water partition coefficient (Wildman–Crippen LogP) is 5.61. The molecule has 0 unspecified atom stereocenters. The van der Waals surface area contributed by atoms with Gasteiger partial charge in [-0.2, -0.15) is 0 Å². The summed E-state index contributed by atoms with van der Waals surface area (Å²) in [5.74, 6) is -0.376. The van der Waals surface area contributed by atoms with Gasteiger partial charge in [-0.15, -0.1) is 17.9 Å². The van der Waals surface area contributed by atoms with Gasteiger partial charge in [-0.1, -0.05) is 59.8 Å². The zero-order chi connectivity index (χ0) is 22.0. The fraction of sp³-hybridized carbons (Fsp3) is 0.125. The molecule has 4 rings (SSSR count). The van der Waals surface area contributed by atoms with Crippen LogP contribution in [0.2, 0.25) is 0 Å². The molecule has 5 nitrogen and oxygen atoms in total. The van der Waals surface area contributed by atoms with Crippen LogP contribution >= 0.6 is 23.1 Å². The Morgan fingerprint density at radius 2 is 1.90 bits per heavy atom. The molecular formula is C24H20N2O3S2. The Hall–Kier alpha value is -3.16. The van der Waals surface area contributed by atoms with Crippen molar-refractivity contribution >= 4 is 39.3 Å². The number of aromatic nitrogens is 2. The quantitative estimate of drug-likeness (QED) is 0.226. The van der Waals surface area contributed by atoms with Gasteiger partial charge in [0, 0.05) is 23.2 Å². The number of aromatic carboxylic acids is 1. The van der Waals surface area contributed by atoms with E-state index in [0.717, 1.165) is 16.7 Å². The van der Waals surface area contributed by atoms with E-state index in [2.05, 4.69) is 6.58 Å². The molecule has 0 saturated carbocycles. The predicted molar refractivity (Wildman–Crippen MR) is 127 cm³/mol. The molecule has 0 fully saturated rings. The van der Waals surface area contributed by atoms with Crippen LogP contribution in [0.4, 0.5) is 0 Å². The average Bonchev–Trinajstić information content (AvgIpc) is 3.19. The number of benzene rings is 2. The zero-order valence-corrected chi connectivity index (χ0v) is 18.5. The van der Waals surface area contributed by atoms with E-state index in [1.165, 1.54) is 28.7 Å². The second-order valence-electron chi connectivity index (χ2n) is 7.09. The van der Waals surface area contributed by atoms with Gasteiger partial charge >= 0.3 is 5.97 Å². The molecule has 31 heavy (non-hydrogen) atoms. The number of nitrogens with zero attached hydrogens (tertiary/aromatic N) is 2. The summed E-state index contributed by atoms with van der Waals surface area (Å²) in [5, 5.41) is 12.3. The first-order chi connectivity index (χ1) is 15.0. The van der Waals surface area contributed by atoms with Crippen LogP contribution in [0.15, 0.2) is 76.5 Å². The van der Waals surface area contributed by atoms with E-state index >= 15 is 0 Å². The summed E-state index contributed by atoms with van der Waals surface area (Å²) >= 11 is 2.92. The summed E-state index contributed by atoms with van der Waals surface area (Å²) in [5.41, 5.74) is 4.20. The summed E-state index contributed by atoms with van der Waals surface area (Å²) < 4.78 is 1.65. The standard InChI is InChI=1S/C24H20N2O3S2/c1-3-12-26-22(27)20-19(17-8-4-15(2)5-9-17)14-30-21(20)25-24(26)31-13-16-6-10-18(11-7-16)23(28)29/h3-11,14H,1,12-13H2,2H3,(H,28,29). The number of carbonyl (C=O) groups is 1. The third-order valence-electron chi connectivity index (χ3n) is 4.90. The largest absolute Gasteiger partial charge is 0.478 e. The minimum Gasteiger partial charge on any atom is -0.478 e. The Bertz CT molecular complexity index is 1320. The van der Waals surface area contributed by atoms with Gasteiger partial charge in [0.1, 0.15) is 4.83 Å². The number of rotatable bonds is 7. The van der Waals surface area contributed by atoms with E-state index in [1.807, 2.05) is 36.6 Å². The number of aryl methyl sites for hydroxylation is 1. The molecule has 7 heteroatoms. The lowest BCUT2D eigenvalue weighted by Gasteiger charge is -2.11. The zero-order valence-electron chi connectivity index (χ0n) is 16.9. The van der Waals surface area contributed by atoms with Crippen LogP contribution in [0.5, 0.6) is 0 Å². The first-order valence-corrected chi connectivity index (χ1v) is 11.5. The number of carboxylic acids is 1. The van der Waals surface area contributed by atoms with E-state index in [4.69, 9.17) is 10.1 Å². The normalized spacial score (nSPS) is 11.0. The van der Waals surface area contributed by atoms with Crippen molar-refractivity contribution < 1.29 is 9.90 Å². The number of fused-ring (bicyclic) bond motifs is 1. The fourth-order valence-electron chi connectivity index (χ4n) is 3.24. The topological polar surface area (TPSA) is 72.2 Å². The summed E-state index contributed by atoms with van der Waals surface area (Å²) in [6.07, 6.45) is 1.69. The van der Waals surface area contributed by atoms with E-state index in [-0.39, 0.29) is 11.1 Å². The number of hydrogen-bond acceptors (Lipinski definition) is 5. The minimum absolute atomic E-state index is 0.0783. The third kappa shape index (κ3) is 4.33. The van der Waals surface area contributed by atoms with Crippen LogP contribution in [-0.4, -0.2) is 20.6 Å². The van der Waals surface area contributed by atoms with Crippen LogP contribution in [-0.2, 0) is 12.3 Å². The Morgan fingerprint density at radius 3 is 2.55 bits per heavy atom. The molecule has 0 aliphatic heterocycles. The summed E-state index contributed by atoms with van der Waals surface area (Å²) in [4.78, 5) is 29.9. The van der Waals surface area contributed by atoms with Crippen molar-refractivity contribution in [1.29, 1.82) is 0 Å². The lowest BCUT2D eigenvalue weighted by atomic mass is 10.1. The average molecular weight is 449 g/mol. The summed E-state index contributed by atoms with van der Waals surface area (Å²) in [6.45, 7) is 6.19. The molecule has 0 atom stereocenters. The van der Waals surface area contributed by atoms with Gasteiger partial charge < -0.3 is 5.11 Å². The highest BCUT2D eigenvalue weighted by molar-refractivity contribution is 7.98. The lowest BCUT2D eigenvalue weighted by molar-refractivity contribution is 0.0697. The van der Waals surface area contributed by atoms with Crippen LogP contribution in [0, 0.1) is 6.92 Å². The molecule has 0 saturated heterocycles. The number of allylic oxidation sites excluding steroid dienone is 1. The molecule has 2 aromatic carbocycles. The van der Waals surface area contributed by atoms with Crippen molar-refractivity contribution in [3.05, 3.63) is 93.6 Å². The lowest BCUT2D eigenvalue weighted by Crippen LogP contribution is -2.22. The van der Waals surface area contributed by atoms with Gasteiger partial charge in [0.05, 0.1) is 10.9 Å². The van der Waals surface area contributed by atoms with Crippen molar-refractivity contribution in [2.45, 2.75) is 24.4 Å². The molecular weight excluding hydrogens is 428 g/mol. The first-order valence-electron chi connectivity index (χ1n) is 9.63. The number of thiophene rings is 1. The fourth-order valence-corrected chi connectivity index (χ4v) is 5.20. The van der Waals surface area contributed by atoms with E-state index in [9.17, 15) is 9.59 Å². The first kappa shape index (κ1) is 21.1. The van der Waals surface area contributed by atoms with E-state index in [1.54, 1.807) is 34.9 Å². The molecule has 2 heterocycles. The van der Waals surface area contributed by atoms with Crippen molar-refractivity contribution in [1.82, 2.24) is 9.55 Å². The highest BCUT2D eigenvalue weighted by Gasteiger charge is 2.17. The smallest absolute Gasteiger partial charge is 0.335 e. The van der Waals surface area contributed by atoms with Crippen LogP contribution < -0.4 is 5.56 Å². The molecule has 156 valence electrons. The van der Waals surface area contributed by atoms with Crippen LogP contribution in [0.1, 0.15) is 21.5 Å². The molecule has 4 aromatic rings. The summed E-state index contributed by atoms with van der Waals surface area (Å²) in [6, 6.07) is 14.9. The number of carboxylic acid groups (broad SMARTS) is 1. The van der Waals surface area contributed by atoms with E-state index < -0.39 is 5.97 Å². The number of thioether (sulfide) groups is 1. The van der Waals surface area contributed by atoms with Crippen molar-refractivity contribution in [2.75, 3.05) is 0 Å². The van der Waals surface area contributed by atoms with Gasteiger partial charge in [0.15, 0.2) is 5.16 Å². The van der Waals surface area contributed by atoms with Gasteiger partial charge in [0.2, 0.25) is 0 Å². The number of hydrogen-bond donors (Lipinski definition) is 1. The monoisotopic (exact) mass is 448 g/mol. The maximum atomic E-state index is 13.4.